The summed E-state index contributed by atoms with van der Waals surface area (Å²) in [5.74, 6) is 0.604. The molecular weight excluding hydrogens is 356 g/mol. The van der Waals surface area contributed by atoms with Crippen molar-refractivity contribution in [2.45, 2.75) is 52.2 Å². The molecular formula is C21H28N4O3. The Hall–Kier alpha value is -2.83. The zero-order chi connectivity index (χ0) is 20.1. The fraction of sp³-hybridized carbons (Fsp3) is 0.476. The van der Waals surface area contributed by atoms with Crippen molar-refractivity contribution in [3.05, 3.63) is 47.8 Å². The lowest BCUT2D eigenvalue weighted by molar-refractivity contribution is 0.0679. The maximum Gasteiger partial charge on any atom is 0.272 e. The van der Waals surface area contributed by atoms with Gasteiger partial charge in [-0.05, 0) is 63.9 Å². The van der Waals surface area contributed by atoms with Crippen LogP contribution in [0.25, 0.3) is 0 Å². The third-order valence-electron chi connectivity index (χ3n) is 4.85. The van der Waals surface area contributed by atoms with Gasteiger partial charge in [0.15, 0.2) is 0 Å². The van der Waals surface area contributed by atoms with Crippen molar-refractivity contribution in [3.8, 4) is 5.75 Å². The van der Waals surface area contributed by atoms with Crippen LogP contribution in [0.2, 0.25) is 0 Å². The summed E-state index contributed by atoms with van der Waals surface area (Å²) in [6, 6.07) is 9.00. The van der Waals surface area contributed by atoms with E-state index in [1.54, 1.807) is 41.2 Å². The first-order chi connectivity index (χ1) is 13.5. The first-order valence-corrected chi connectivity index (χ1v) is 9.86. The van der Waals surface area contributed by atoms with Crippen LogP contribution in [0.1, 0.15) is 54.5 Å². The predicted octanol–water partition coefficient (Wildman–Crippen LogP) is 2.72. The summed E-state index contributed by atoms with van der Waals surface area (Å²) in [5.41, 5.74) is 1.22. The Morgan fingerprint density at radius 3 is 2.68 bits per heavy atom. The molecule has 0 bridgehead atoms. The summed E-state index contributed by atoms with van der Waals surface area (Å²) in [6.07, 6.45) is 3.55. The van der Waals surface area contributed by atoms with E-state index in [0.29, 0.717) is 30.2 Å². The van der Waals surface area contributed by atoms with Crippen molar-refractivity contribution in [2.75, 3.05) is 13.2 Å². The van der Waals surface area contributed by atoms with Gasteiger partial charge in [-0.1, -0.05) is 0 Å². The number of ether oxygens (including phenoxy) is 1. The molecule has 7 nitrogen and oxygen atoms in total. The zero-order valence-electron chi connectivity index (χ0n) is 16.7. The third-order valence-corrected chi connectivity index (χ3v) is 4.85. The van der Waals surface area contributed by atoms with Crippen molar-refractivity contribution in [1.29, 1.82) is 0 Å². The Morgan fingerprint density at radius 2 is 2.00 bits per heavy atom. The van der Waals surface area contributed by atoms with Crippen LogP contribution in [0.3, 0.4) is 0 Å². The van der Waals surface area contributed by atoms with E-state index in [2.05, 4.69) is 10.4 Å². The second kappa shape index (κ2) is 8.91. The number of carbonyl (C=O) groups is 2. The summed E-state index contributed by atoms with van der Waals surface area (Å²) in [7, 11) is 0. The molecule has 1 saturated heterocycles. The smallest absolute Gasteiger partial charge is 0.272 e. The van der Waals surface area contributed by atoms with Gasteiger partial charge in [-0.25, -0.2) is 0 Å². The number of amides is 2. The highest BCUT2D eigenvalue weighted by Crippen LogP contribution is 2.22. The maximum absolute atomic E-state index is 12.9. The lowest BCUT2D eigenvalue weighted by Gasteiger charge is -2.25. The Morgan fingerprint density at radius 1 is 1.25 bits per heavy atom. The number of benzene rings is 1. The third kappa shape index (κ3) is 4.52. The SMILES string of the molecule is CCn1nccc1C(=O)N1CCCC1COc1ccc(C(=O)NC(C)C)cc1. The summed E-state index contributed by atoms with van der Waals surface area (Å²) in [6.45, 7) is 7.66. The van der Waals surface area contributed by atoms with Gasteiger partial charge in [-0.15, -0.1) is 0 Å². The molecule has 1 atom stereocenters. The Bertz CT molecular complexity index is 813. The Balaban J connectivity index is 1.59. The molecule has 0 aliphatic carbocycles. The molecule has 3 rings (SSSR count). The van der Waals surface area contributed by atoms with E-state index in [1.165, 1.54) is 0 Å². The van der Waals surface area contributed by atoms with Gasteiger partial charge in [-0.2, -0.15) is 5.10 Å². The van der Waals surface area contributed by atoms with Gasteiger partial charge in [0.1, 0.15) is 18.1 Å². The van der Waals surface area contributed by atoms with Crippen molar-refractivity contribution < 1.29 is 14.3 Å². The first-order valence-electron chi connectivity index (χ1n) is 9.86. The second-order valence-corrected chi connectivity index (χ2v) is 7.29. The average Bonchev–Trinajstić information content (AvgIpc) is 3.34. The minimum atomic E-state index is -0.0957. The summed E-state index contributed by atoms with van der Waals surface area (Å²) in [4.78, 5) is 26.8. The minimum Gasteiger partial charge on any atom is -0.491 e. The number of likely N-dealkylation sites (tertiary alicyclic amines) is 1. The van der Waals surface area contributed by atoms with E-state index in [0.717, 1.165) is 19.4 Å². The molecule has 2 aromatic rings. The van der Waals surface area contributed by atoms with E-state index < -0.39 is 0 Å². The highest BCUT2D eigenvalue weighted by Gasteiger charge is 2.31. The molecule has 1 aliphatic heterocycles. The lowest BCUT2D eigenvalue weighted by atomic mass is 10.2. The van der Waals surface area contributed by atoms with Crippen molar-refractivity contribution >= 4 is 11.8 Å². The standard InChI is InChI=1S/C21H28N4O3/c1-4-25-19(11-12-22-25)21(27)24-13-5-6-17(24)14-28-18-9-7-16(8-10-18)20(26)23-15(2)3/h7-12,15,17H,4-6,13-14H2,1-3H3,(H,23,26). The van der Waals surface area contributed by atoms with Gasteiger partial charge in [0.25, 0.3) is 11.8 Å². The van der Waals surface area contributed by atoms with Crippen LogP contribution in [0.5, 0.6) is 5.75 Å². The first kappa shape index (κ1) is 19.9. The topological polar surface area (TPSA) is 76.5 Å². The van der Waals surface area contributed by atoms with Gasteiger partial charge >= 0.3 is 0 Å². The normalized spacial score (nSPS) is 16.4. The van der Waals surface area contributed by atoms with Gasteiger partial charge in [0, 0.05) is 30.9 Å². The summed E-state index contributed by atoms with van der Waals surface area (Å²) < 4.78 is 7.63. The molecule has 1 N–H and O–H groups in total. The Labute approximate surface area is 165 Å². The number of hydrogen-bond donors (Lipinski definition) is 1. The van der Waals surface area contributed by atoms with Crippen molar-refractivity contribution in [1.82, 2.24) is 20.0 Å². The van der Waals surface area contributed by atoms with E-state index in [4.69, 9.17) is 4.74 Å². The number of aryl methyl sites for hydroxylation is 1. The molecule has 2 heterocycles. The maximum atomic E-state index is 12.9. The monoisotopic (exact) mass is 384 g/mol. The minimum absolute atomic E-state index is 0.00570. The molecule has 1 unspecified atom stereocenters. The van der Waals surface area contributed by atoms with Crippen LogP contribution in [0.4, 0.5) is 0 Å². The van der Waals surface area contributed by atoms with Crippen LogP contribution in [0.15, 0.2) is 36.5 Å². The van der Waals surface area contributed by atoms with Crippen molar-refractivity contribution in [2.24, 2.45) is 0 Å². The Kier molecular flexibility index (Phi) is 6.34. The number of rotatable bonds is 7. The quantitative estimate of drug-likeness (QED) is 0.796. The molecule has 0 spiro atoms. The van der Waals surface area contributed by atoms with E-state index >= 15 is 0 Å². The largest absolute Gasteiger partial charge is 0.491 e. The molecule has 0 saturated carbocycles. The molecule has 150 valence electrons. The fourth-order valence-electron chi connectivity index (χ4n) is 3.43. The van der Waals surface area contributed by atoms with Crippen LogP contribution in [-0.4, -0.2) is 51.7 Å². The van der Waals surface area contributed by atoms with Gasteiger partial charge in [0.2, 0.25) is 0 Å². The van der Waals surface area contributed by atoms with Gasteiger partial charge in [0.05, 0.1) is 6.04 Å². The molecule has 1 aliphatic rings. The van der Waals surface area contributed by atoms with Crippen LogP contribution in [0, 0.1) is 0 Å². The van der Waals surface area contributed by atoms with Crippen molar-refractivity contribution in [3.63, 3.8) is 0 Å². The second-order valence-electron chi connectivity index (χ2n) is 7.29. The van der Waals surface area contributed by atoms with E-state index in [9.17, 15) is 9.59 Å². The van der Waals surface area contributed by atoms with Gasteiger partial charge < -0.3 is 15.0 Å². The van der Waals surface area contributed by atoms with E-state index in [-0.39, 0.29) is 23.9 Å². The molecule has 1 aromatic heterocycles. The zero-order valence-corrected chi connectivity index (χ0v) is 16.7. The molecule has 1 fully saturated rings. The van der Waals surface area contributed by atoms with Crippen LogP contribution in [-0.2, 0) is 6.54 Å². The molecule has 1 aromatic carbocycles. The summed E-state index contributed by atoms with van der Waals surface area (Å²) >= 11 is 0. The molecule has 2 amide bonds. The fourth-order valence-corrected chi connectivity index (χ4v) is 3.43. The van der Waals surface area contributed by atoms with Crippen LogP contribution >= 0.6 is 0 Å². The number of aromatic nitrogens is 2. The predicted molar refractivity (Wildman–Crippen MR) is 106 cm³/mol. The number of hydrogen-bond acceptors (Lipinski definition) is 4. The number of nitrogens with one attached hydrogen (secondary N) is 1. The van der Waals surface area contributed by atoms with Crippen LogP contribution < -0.4 is 10.1 Å². The van der Waals surface area contributed by atoms with E-state index in [1.807, 2.05) is 25.7 Å². The number of carbonyl (C=O) groups excluding carboxylic acids is 2. The molecule has 7 heteroatoms. The lowest BCUT2D eigenvalue weighted by Crippen LogP contribution is -2.40. The average molecular weight is 384 g/mol. The molecule has 28 heavy (non-hydrogen) atoms. The highest BCUT2D eigenvalue weighted by molar-refractivity contribution is 5.94. The summed E-state index contributed by atoms with van der Waals surface area (Å²) in [5, 5.41) is 7.06. The highest BCUT2D eigenvalue weighted by atomic mass is 16.5. The van der Waals surface area contributed by atoms with Gasteiger partial charge in [-0.3, -0.25) is 14.3 Å². The molecule has 0 radical (unpaired) electrons. The number of nitrogens with zero attached hydrogens (tertiary/aromatic N) is 3.